The number of ketones is 1. The van der Waals surface area contributed by atoms with E-state index in [1.807, 2.05) is 25.1 Å². The summed E-state index contributed by atoms with van der Waals surface area (Å²) < 4.78 is 5.76. The van der Waals surface area contributed by atoms with E-state index in [1.54, 1.807) is 6.92 Å². The minimum Gasteiger partial charge on any atom is -0.494 e. The third-order valence-corrected chi connectivity index (χ3v) is 4.39. The maximum atomic E-state index is 11.6. The minimum atomic E-state index is 0.125. The van der Waals surface area contributed by atoms with Gasteiger partial charge in [0.05, 0.1) is 6.61 Å². The summed E-state index contributed by atoms with van der Waals surface area (Å²) >= 11 is 0. The Labute approximate surface area is 127 Å². The number of carbonyl (C=O) groups excluding carboxylic acids is 1. The normalized spacial score (nSPS) is 18.0. The van der Waals surface area contributed by atoms with Crippen molar-refractivity contribution in [1.82, 2.24) is 4.90 Å². The molecule has 0 amide bonds. The maximum Gasteiger partial charge on any atom is 0.159 e. The summed E-state index contributed by atoms with van der Waals surface area (Å²) in [6, 6.07) is 6.60. The Bertz CT molecular complexity index is 518. The highest BCUT2D eigenvalue weighted by Crippen LogP contribution is 2.36. The number of benzene rings is 1. The maximum absolute atomic E-state index is 11.6. The second-order valence-corrected chi connectivity index (χ2v) is 6.42. The Morgan fingerprint density at radius 2 is 2.05 bits per heavy atom. The molecule has 0 aliphatic heterocycles. The van der Waals surface area contributed by atoms with E-state index in [2.05, 4.69) is 4.90 Å². The Morgan fingerprint density at radius 1 is 1.29 bits per heavy atom. The number of hydrogen-bond acceptors (Lipinski definition) is 3. The molecule has 3 rings (SSSR count). The fourth-order valence-electron chi connectivity index (χ4n) is 2.85. The second-order valence-electron chi connectivity index (χ2n) is 6.42. The molecular formula is C18H25NO2. The standard InChI is InChI=1S/C18H25NO2/c1-3-21-18-9-6-15(13(2)20)10-16(18)12-19(17-7-8-17)11-14-4-5-14/h6,9-10,14,17H,3-5,7-8,11-12H2,1-2H3. The van der Waals surface area contributed by atoms with Crippen molar-refractivity contribution in [2.45, 2.75) is 52.1 Å². The van der Waals surface area contributed by atoms with Crippen LogP contribution >= 0.6 is 0 Å². The van der Waals surface area contributed by atoms with Gasteiger partial charge in [-0.3, -0.25) is 9.69 Å². The first kappa shape index (κ1) is 14.6. The summed E-state index contributed by atoms with van der Waals surface area (Å²) in [4.78, 5) is 14.2. The fourth-order valence-corrected chi connectivity index (χ4v) is 2.85. The Morgan fingerprint density at radius 3 is 2.62 bits per heavy atom. The minimum absolute atomic E-state index is 0.125. The van der Waals surface area contributed by atoms with E-state index in [1.165, 1.54) is 32.2 Å². The van der Waals surface area contributed by atoms with Gasteiger partial charge in [-0.2, -0.15) is 0 Å². The summed E-state index contributed by atoms with van der Waals surface area (Å²) in [5.41, 5.74) is 1.95. The van der Waals surface area contributed by atoms with Crippen LogP contribution in [0, 0.1) is 5.92 Å². The molecule has 2 aliphatic carbocycles. The number of Topliss-reactive ketones (excluding diaryl/α,β-unsaturated/α-hetero) is 1. The van der Waals surface area contributed by atoms with Crippen molar-refractivity contribution in [3.63, 3.8) is 0 Å². The largest absolute Gasteiger partial charge is 0.494 e. The SMILES string of the molecule is CCOc1ccc(C(C)=O)cc1CN(CC1CC1)C1CC1. The smallest absolute Gasteiger partial charge is 0.159 e. The van der Waals surface area contributed by atoms with E-state index in [-0.39, 0.29) is 5.78 Å². The Hall–Kier alpha value is -1.35. The van der Waals surface area contributed by atoms with Gasteiger partial charge in [0.15, 0.2) is 5.78 Å². The molecule has 0 heterocycles. The molecule has 1 aromatic carbocycles. The zero-order chi connectivity index (χ0) is 14.8. The molecule has 0 radical (unpaired) electrons. The molecule has 0 bridgehead atoms. The molecule has 1 aromatic rings. The van der Waals surface area contributed by atoms with Crippen LogP contribution in [0.4, 0.5) is 0 Å². The molecule has 0 saturated heterocycles. The van der Waals surface area contributed by atoms with Gasteiger partial charge in [0.25, 0.3) is 0 Å². The van der Waals surface area contributed by atoms with Gasteiger partial charge in [-0.05, 0) is 63.6 Å². The molecule has 2 aliphatic rings. The highest BCUT2D eigenvalue weighted by molar-refractivity contribution is 5.94. The van der Waals surface area contributed by atoms with Gasteiger partial charge in [0, 0.05) is 30.3 Å². The van der Waals surface area contributed by atoms with Crippen molar-refractivity contribution >= 4 is 5.78 Å². The topological polar surface area (TPSA) is 29.5 Å². The van der Waals surface area contributed by atoms with Gasteiger partial charge < -0.3 is 4.74 Å². The number of nitrogens with zero attached hydrogens (tertiary/aromatic N) is 1. The quantitative estimate of drug-likeness (QED) is 0.683. The molecule has 2 fully saturated rings. The van der Waals surface area contributed by atoms with Crippen molar-refractivity contribution in [2.24, 2.45) is 5.92 Å². The van der Waals surface area contributed by atoms with E-state index in [9.17, 15) is 4.79 Å². The van der Waals surface area contributed by atoms with E-state index in [0.717, 1.165) is 35.4 Å². The van der Waals surface area contributed by atoms with Crippen LogP contribution in [0.5, 0.6) is 5.75 Å². The highest BCUT2D eigenvalue weighted by Gasteiger charge is 2.34. The summed E-state index contributed by atoms with van der Waals surface area (Å²) in [6.07, 6.45) is 5.41. The molecule has 3 heteroatoms. The fraction of sp³-hybridized carbons (Fsp3) is 0.611. The number of carbonyl (C=O) groups is 1. The van der Waals surface area contributed by atoms with E-state index in [4.69, 9.17) is 4.74 Å². The Kier molecular flexibility index (Phi) is 4.29. The third-order valence-electron chi connectivity index (χ3n) is 4.39. The van der Waals surface area contributed by atoms with Gasteiger partial charge in [-0.25, -0.2) is 0 Å². The van der Waals surface area contributed by atoms with Crippen LogP contribution in [0.15, 0.2) is 18.2 Å². The van der Waals surface area contributed by atoms with Gasteiger partial charge in [-0.15, -0.1) is 0 Å². The summed E-state index contributed by atoms with van der Waals surface area (Å²) in [5.74, 6) is 1.96. The second kappa shape index (κ2) is 6.18. The zero-order valence-electron chi connectivity index (χ0n) is 13.1. The van der Waals surface area contributed by atoms with Crippen LogP contribution in [0.3, 0.4) is 0 Å². The van der Waals surface area contributed by atoms with Gasteiger partial charge >= 0.3 is 0 Å². The van der Waals surface area contributed by atoms with E-state index in [0.29, 0.717) is 6.61 Å². The molecular weight excluding hydrogens is 262 g/mol. The number of rotatable bonds is 8. The van der Waals surface area contributed by atoms with E-state index >= 15 is 0 Å². The van der Waals surface area contributed by atoms with Gasteiger partial charge in [0.1, 0.15) is 5.75 Å². The number of ether oxygens (including phenoxy) is 1. The molecule has 21 heavy (non-hydrogen) atoms. The highest BCUT2D eigenvalue weighted by atomic mass is 16.5. The first-order valence-corrected chi connectivity index (χ1v) is 8.18. The lowest BCUT2D eigenvalue weighted by Crippen LogP contribution is -2.28. The van der Waals surface area contributed by atoms with Crippen molar-refractivity contribution in [3.8, 4) is 5.75 Å². The van der Waals surface area contributed by atoms with E-state index < -0.39 is 0 Å². The molecule has 0 unspecified atom stereocenters. The summed E-state index contributed by atoms with van der Waals surface area (Å²) in [5, 5.41) is 0. The molecule has 0 spiro atoms. The number of hydrogen-bond donors (Lipinski definition) is 0. The van der Waals surface area contributed by atoms with Crippen LogP contribution in [-0.2, 0) is 6.54 Å². The lowest BCUT2D eigenvalue weighted by atomic mass is 10.1. The Balaban J connectivity index is 1.79. The van der Waals surface area contributed by atoms with Crippen LogP contribution in [0.25, 0.3) is 0 Å². The molecule has 0 N–H and O–H groups in total. The van der Waals surface area contributed by atoms with Crippen molar-refractivity contribution in [1.29, 1.82) is 0 Å². The molecule has 2 saturated carbocycles. The third kappa shape index (κ3) is 3.85. The van der Waals surface area contributed by atoms with Crippen molar-refractivity contribution < 1.29 is 9.53 Å². The van der Waals surface area contributed by atoms with Crippen LogP contribution in [0.2, 0.25) is 0 Å². The summed E-state index contributed by atoms with van der Waals surface area (Å²) in [6.45, 7) is 6.42. The molecule has 0 atom stereocenters. The first-order chi connectivity index (χ1) is 10.2. The zero-order valence-corrected chi connectivity index (χ0v) is 13.1. The lowest BCUT2D eigenvalue weighted by Gasteiger charge is -2.23. The molecule has 114 valence electrons. The van der Waals surface area contributed by atoms with Gasteiger partial charge in [0.2, 0.25) is 0 Å². The van der Waals surface area contributed by atoms with Crippen LogP contribution in [-0.4, -0.2) is 29.9 Å². The first-order valence-electron chi connectivity index (χ1n) is 8.18. The van der Waals surface area contributed by atoms with Crippen LogP contribution in [0.1, 0.15) is 55.5 Å². The van der Waals surface area contributed by atoms with Gasteiger partial charge in [-0.1, -0.05) is 0 Å². The monoisotopic (exact) mass is 287 g/mol. The van der Waals surface area contributed by atoms with Crippen LogP contribution < -0.4 is 4.74 Å². The predicted molar refractivity (Wildman–Crippen MR) is 83.8 cm³/mol. The average Bonchev–Trinajstić information content (AvgIpc) is 3.33. The molecule has 0 aromatic heterocycles. The average molecular weight is 287 g/mol. The van der Waals surface area contributed by atoms with Crippen molar-refractivity contribution in [2.75, 3.05) is 13.2 Å². The van der Waals surface area contributed by atoms with Crippen molar-refractivity contribution in [3.05, 3.63) is 29.3 Å². The molecule has 3 nitrogen and oxygen atoms in total. The lowest BCUT2D eigenvalue weighted by molar-refractivity contribution is 0.101. The predicted octanol–water partition coefficient (Wildman–Crippen LogP) is 3.66. The summed E-state index contributed by atoms with van der Waals surface area (Å²) in [7, 11) is 0.